The molecule has 0 fully saturated rings. The highest BCUT2D eigenvalue weighted by molar-refractivity contribution is 5.48. The summed E-state index contributed by atoms with van der Waals surface area (Å²) in [6, 6.07) is 11.0. The molecule has 2 rings (SSSR count). The predicted octanol–water partition coefficient (Wildman–Crippen LogP) is 3.60. The normalized spacial score (nSPS) is 10.4. The van der Waals surface area contributed by atoms with Gasteiger partial charge in [0.05, 0.1) is 6.61 Å². The van der Waals surface area contributed by atoms with Crippen LogP contribution in [0.2, 0.25) is 0 Å². The van der Waals surface area contributed by atoms with Crippen LogP contribution in [0, 0.1) is 11.6 Å². The first-order valence-electron chi connectivity index (χ1n) is 6.59. The number of anilines is 1. The monoisotopic (exact) mass is 293 g/mol. The predicted molar refractivity (Wildman–Crippen MR) is 77.5 cm³/mol. The van der Waals surface area contributed by atoms with E-state index in [1.807, 2.05) is 18.2 Å². The highest BCUT2D eigenvalue weighted by atomic mass is 19.1. The minimum Gasteiger partial charge on any atom is -0.491 e. The van der Waals surface area contributed by atoms with Gasteiger partial charge in [-0.2, -0.15) is 0 Å². The van der Waals surface area contributed by atoms with Gasteiger partial charge >= 0.3 is 0 Å². The molecular weight excluding hydrogens is 276 g/mol. The van der Waals surface area contributed by atoms with Crippen LogP contribution in [-0.2, 0) is 11.3 Å². The fourth-order valence-electron chi connectivity index (χ4n) is 1.83. The van der Waals surface area contributed by atoms with Crippen LogP contribution in [0.5, 0.6) is 5.75 Å². The first kappa shape index (κ1) is 15.3. The topological polar surface area (TPSA) is 30.5 Å². The molecule has 0 radical (unpaired) electrons. The van der Waals surface area contributed by atoms with Crippen molar-refractivity contribution in [2.75, 3.05) is 25.6 Å². The molecule has 21 heavy (non-hydrogen) atoms. The maximum atomic E-state index is 13.5. The Morgan fingerprint density at radius 3 is 2.43 bits per heavy atom. The Balaban J connectivity index is 1.98. The van der Waals surface area contributed by atoms with Gasteiger partial charge in [0, 0.05) is 31.0 Å². The molecule has 0 saturated carbocycles. The standard InChI is InChI=1S/C16H17F2NO2/c1-20-8-9-21-13-5-2-4-12(10-13)19-11-14-15(17)6-3-7-16(14)18/h2-7,10,19H,8-9,11H2,1H3. The quantitative estimate of drug-likeness (QED) is 0.791. The van der Waals surface area contributed by atoms with Gasteiger partial charge < -0.3 is 14.8 Å². The highest BCUT2D eigenvalue weighted by Crippen LogP contribution is 2.19. The van der Waals surface area contributed by atoms with Crippen LogP contribution in [-0.4, -0.2) is 20.3 Å². The van der Waals surface area contributed by atoms with Crippen LogP contribution in [0.4, 0.5) is 14.5 Å². The van der Waals surface area contributed by atoms with Crippen LogP contribution in [0.15, 0.2) is 42.5 Å². The SMILES string of the molecule is COCCOc1cccc(NCc2c(F)cccc2F)c1. The minimum atomic E-state index is -0.560. The van der Waals surface area contributed by atoms with Gasteiger partial charge in [-0.05, 0) is 24.3 Å². The van der Waals surface area contributed by atoms with Gasteiger partial charge in [0.2, 0.25) is 0 Å². The van der Waals surface area contributed by atoms with Gasteiger partial charge in [-0.15, -0.1) is 0 Å². The number of hydrogen-bond acceptors (Lipinski definition) is 3. The zero-order valence-electron chi connectivity index (χ0n) is 11.7. The maximum Gasteiger partial charge on any atom is 0.131 e. The summed E-state index contributed by atoms with van der Waals surface area (Å²) >= 11 is 0. The smallest absolute Gasteiger partial charge is 0.131 e. The molecule has 0 aromatic heterocycles. The number of rotatable bonds is 7. The molecule has 2 aromatic rings. The zero-order valence-corrected chi connectivity index (χ0v) is 11.7. The number of benzene rings is 2. The van der Waals surface area contributed by atoms with Crippen molar-refractivity contribution in [1.29, 1.82) is 0 Å². The number of halogens is 2. The van der Waals surface area contributed by atoms with Crippen molar-refractivity contribution in [2.24, 2.45) is 0 Å². The molecule has 2 aromatic carbocycles. The molecular formula is C16H17F2NO2. The molecule has 0 saturated heterocycles. The molecule has 1 N–H and O–H groups in total. The van der Waals surface area contributed by atoms with Crippen LogP contribution < -0.4 is 10.1 Å². The molecule has 5 heteroatoms. The van der Waals surface area contributed by atoms with Crippen LogP contribution in [0.3, 0.4) is 0 Å². The van der Waals surface area contributed by atoms with E-state index in [0.29, 0.717) is 19.0 Å². The lowest BCUT2D eigenvalue weighted by molar-refractivity contribution is 0.146. The van der Waals surface area contributed by atoms with Crippen molar-refractivity contribution in [3.63, 3.8) is 0 Å². The first-order chi connectivity index (χ1) is 10.2. The Labute approximate surface area is 122 Å². The fraction of sp³-hybridized carbons (Fsp3) is 0.250. The fourth-order valence-corrected chi connectivity index (χ4v) is 1.83. The number of ether oxygens (including phenoxy) is 2. The Hall–Kier alpha value is -2.14. The minimum absolute atomic E-state index is 0.0169. The molecule has 0 amide bonds. The van der Waals surface area contributed by atoms with Crippen molar-refractivity contribution in [1.82, 2.24) is 0 Å². The zero-order chi connectivity index (χ0) is 15.1. The number of hydrogen-bond donors (Lipinski definition) is 1. The van der Waals surface area contributed by atoms with E-state index in [-0.39, 0.29) is 12.1 Å². The summed E-state index contributed by atoms with van der Waals surface area (Å²) in [4.78, 5) is 0. The highest BCUT2D eigenvalue weighted by Gasteiger charge is 2.07. The molecule has 112 valence electrons. The summed E-state index contributed by atoms with van der Waals surface area (Å²) in [6.45, 7) is 1.01. The lowest BCUT2D eigenvalue weighted by atomic mass is 10.2. The Morgan fingerprint density at radius 2 is 1.71 bits per heavy atom. The van der Waals surface area contributed by atoms with E-state index >= 15 is 0 Å². The van der Waals surface area contributed by atoms with E-state index in [0.717, 1.165) is 5.69 Å². The number of methoxy groups -OCH3 is 1. The van der Waals surface area contributed by atoms with Gasteiger partial charge in [-0.1, -0.05) is 12.1 Å². The van der Waals surface area contributed by atoms with Crippen molar-refractivity contribution in [2.45, 2.75) is 6.54 Å². The van der Waals surface area contributed by atoms with Crippen molar-refractivity contribution in [3.8, 4) is 5.75 Å². The lowest BCUT2D eigenvalue weighted by Crippen LogP contribution is -2.06. The first-order valence-corrected chi connectivity index (χ1v) is 6.59. The van der Waals surface area contributed by atoms with E-state index < -0.39 is 11.6 Å². The van der Waals surface area contributed by atoms with Gasteiger partial charge in [-0.3, -0.25) is 0 Å². The third kappa shape index (κ3) is 4.43. The Morgan fingerprint density at radius 1 is 1.00 bits per heavy atom. The van der Waals surface area contributed by atoms with E-state index in [9.17, 15) is 8.78 Å². The summed E-state index contributed by atoms with van der Waals surface area (Å²) < 4.78 is 37.4. The second kappa shape index (κ2) is 7.59. The summed E-state index contributed by atoms with van der Waals surface area (Å²) in [7, 11) is 1.60. The van der Waals surface area contributed by atoms with Gasteiger partial charge in [-0.25, -0.2) is 8.78 Å². The summed E-state index contributed by atoms with van der Waals surface area (Å²) in [5.74, 6) is -0.448. The summed E-state index contributed by atoms with van der Waals surface area (Å²) in [6.07, 6.45) is 0. The molecule has 0 bridgehead atoms. The van der Waals surface area contributed by atoms with Gasteiger partial charge in [0.25, 0.3) is 0 Å². The molecule has 0 aliphatic heterocycles. The van der Waals surface area contributed by atoms with Gasteiger partial charge in [0.1, 0.15) is 24.0 Å². The molecule has 0 unspecified atom stereocenters. The van der Waals surface area contributed by atoms with Crippen molar-refractivity contribution >= 4 is 5.69 Å². The maximum absolute atomic E-state index is 13.5. The Bertz CT molecular complexity index is 570. The number of nitrogens with one attached hydrogen (secondary N) is 1. The largest absolute Gasteiger partial charge is 0.491 e. The van der Waals surface area contributed by atoms with Crippen LogP contribution >= 0.6 is 0 Å². The van der Waals surface area contributed by atoms with E-state index in [1.165, 1.54) is 18.2 Å². The van der Waals surface area contributed by atoms with Crippen molar-refractivity contribution < 1.29 is 18.3 Å². The second-order valence-electron chi connectivity index (χ2n) is 4.42. The molecule has 0 spiro atoms. The van der Waals surface area contributed by atoms with E-state index in [4.69, 9.17) is 9.47 Å². The average molecular weight is 293 g/mol. The second-order valence-corrected chi connectivity index (χ2v) is 4.42. The third-order valence-corrected chi connectivity index (χ3v) is 2.92. The van der Waals surface area contributed by atoms with Crippen LogP contribution in [0.25, 0.3) is 0 Å². The molecule has 0 atom stereocenters. The van der Waals surface area contributed by atoms with Crippen molar-refractivity contribution in [3.05, 3.63) is 59.7 Å². The third-order valence-electron chi connectivity index (χ3n) is 2.92. The lowest BCUT2D eigenvalue weighted by Gasteiger charge is -2.10. The van der Waals surface area contributed by atoms with Crippen LogP contribution in [0.1, 0.15) is 5.56 Å². The van der Waals surface area contributed by atoms with E-state index in [1.54, 1.807) is 13.2 Å². The average Bonchev–Trinajstić information content (AvgIpc) is 2.47. The molecule has 3 nitrogen and oxygen atoms in total. The van der Waals surface area contributed by atoms with Gasteiger partial charge in [0.15, 0.2) is 0 Å². The molecule has 0 aliphatic carbocycles. The summed E-state index contributed by atoms with van der Waals surface area (Å²) in [5, 5.41) is 2.98. The summed E-state index contributed by atoms with van der Waals surface area (Å²) in [5.41, 5.74) is 0.746. The molecule has 0 heterocycles. The molecule has 0 aliphatic rings. The Kier molecular flexibility index (Phi) is 5.51. The van der Waals surface area contributed by atoms with E-state index in [2.05, 4.69) is 5.32 Å².